The van der Waals surface area contributed by atoms with Crippen molar-refractivity contribution in [2.24, 2.45) is 11.8 Å². The molecule has 2 aliphatic rings. The summed E-state index contributed by atoms with van der Waals surface area (Å²) in [7, 11) is 0. The van der Waals surface area contributed by atoms with Crippen LogP contribution in [0.1, 0.15) is 25.7 Å². The zero-order chi connectivity index (χ0) is 15.5. The summed E-state index contributed by atoms with van der Waals surface area (Å²) in [5.74, 6) is -1.46. The monoisotopic (exact) mass is 308 g/mol. The highest BCUT2D eigenvalue weighted by molar-refractivity contribution is 5.79. The number of rotatable bonds is 3. The number of carbonyl (C=O) groups is 1. The number of hydrogen-bond acceptors (Lipinski definition) is 3. The molecule has 7 heteroatoms. The highest BCUT2D eigenvalue weighted by Gasteiger charge is 2.43. The van der Waals surface area contributed by atoms with Crippen molar-refractivity contribution in [2.75, 3.05) is 39.3 Å². The molecule has 0 atom stereocenters. The van der Waals surface area contributed by atoms with Crippen LogP contribution in [0.3, 0.4) is 0 Å². The molecule has 0 spiro atoms. The van der Waals surface area contributed by atoms with E-state index < -0.39 is 12.1 Å². The zero-order valence-electron chi connectivity index (χ0n) is 12.1. The fourth-order valence-corrected chi connectivity index (χ4v) is 3.26. The molecule has 0 unspecified atom stereocenters. The molecule has 0 aromatic heterocycles. The first kappa shape index (κ1) is 16.5. The van der Waals surface area contributed by atoms with Crippen molar-refractivity contribution in [3.63, 3.8) is 0 Å². The smallest absolute Gasteiger partial charge is 0.391 e. The van der Waals surface area contributed by atoms with Gasteiger partial charge in [0, 0.05) is 38.6 Å². The van der Waals surface area contributed by atoms with Gasteiger partial charge in [-0.2, -0.15) is 13.2 Å². The zero-order valence-corrected chi connectivity index (χ0v) is 12.1. The van der Waals surface area contributed by atoms with Gasteiger partial charge in [-0.05, 0) is 25.7 Å². The lowest BCUT2D eigenvalue weighted by atomic mass is 9.81. The molecule has 1 heterocycles. The Morgan fingerprint density at radius 3 is 2.10 bits per heavy atom. The quantitative estimate of drug-likeness (QED) is 0.859. The molecular weight excluding hydrogens is 285 g/mol. The molecule has 1 amide bonds. The van der Waals surface area contributed by atoms with Crippen LogP contribution in [0.4, 0.5) is 13.2 Å². The lowest BCUT2D eigenvalue weighted by Crippen LogP contribution is -2.51. The standard InChI is InChI=1S/C14H23F3N2O2/c15-14(16,17)12-3-1-11(2-4-12)13(21)19-7-5-18(6-8-19)9-10-20/h11-12,20H,1-10H2. The molecule has 1 saturated heterocycles. The number of nitrogens with zero attached hydrogens (tertiary/aromatic N) is 2. The van der Waals surface area contributed by atoms with Crippen LogP contribution in [0.15, 0.2) is 0 Å². The summed E-state index contributed by atoms with van der Waals surface area (Å²) in [5.41, 5.74) is 0. The number of piperazine rings is 1. The van der Waals surface area contributed by atoms with Crippen LogP contribution >= 0.6 is 0 Å². The van der Waals surface area contributed by atoms with Crippen LogP contribution in [0.2, 0.25) is 0 Å². The number of β-amino-alcohol motifs (C(OH)–C–C–N with tert-alkyl or cyclic N) is 1. The molecule has 0 radical (unpaired) electrons. The first-order valence-corrected chi connectivity index (χ1v) is 7.60. The van der Waals surface area contributed by atoms with E-state index in [1.54, 1.807) is 4.90 Å². The van der Waals surface area contributed by atoms with E-state index in [4.69, 9.17) is 5.11 Å². The largest absolute Gasteiger partial charge is 0.395 e. The van der Waals surface area contributed by atoms with Crippen molar-refractivity contribution in [1.82, 2.24) is 9.80 Å². The van der Waals surface area contributed by atoms with Gasteiger partial charge < -0.3 is 10.0 Å². The van der Waals surface area contributed by atoms with Crippen LogP contribution in [0, 0.1) is 11.8 Å². The number of halogens is 3. The molecule has 1 aliphatic carbocycles. The predicted molar refractivity (Wildman–Crippen MR) is 71.6 cm³/mol. The second-order valence-corrected chi connectivity index (χ2v) is 5.98. The van der Waals surface area contributed by atoms with E-state index in [9.17, 15) is 18.0 Å². The fraction of sp³-hybridized carbons (Fsp3) is 0.929. The Morgan fingerprint density at radius 2 is 1.62 bits per heavy atom. The molecule has 122 valence electrons. The van der Waals surface area contributed by atoms with Gasteiger partial charge in [0.1, 0.15) is 0 Å². The van der Waals surface area contributed by atoms with E-state index in [2.05, 4.69) is 4.90 Å². The summed E-state index contributed by atoms with van der Waals surface area (Å²) in [4.78, 5) is 16.2. The Balaban J connectivity index is 1.78. The SMILES string of the molecule is O=C(C1CCC(C(F)(F)F)CC1)N1CCN(CCO)CC1. The molecule has 2 rings (SSSR count). The molecule has 21 heavy (non-hydrogen) atoms. The van der Waals surface area contributed by atoms with Crippen molar-refractivity contribution in [3.05, 3.63) is 0 Å². The summed E-state index contributed by atoms with van der Waals surface area (Å²) < 4.78 is 37.9. The third-order valence-electron chi connectivity index (χ3n) is 4.64. The van der Waals surface area contributed by atoms with E-state index in [-0.39, 0.29) is 31.3 Å². The van der Waals surface area contributed by atoms with Crippen molar-refractivity contribution in [3.8, 4) is 0 Å². The van der Waals surface area contributed by atoms with Gasteiger partial charge in [-0.25, -0.2) is 0 Å². The Kier molecular flexibility index (Phi) is 5.48. The van der Waals surface area contributed by atoms with E-state index in [1.165, 1.54) is 0 Å². The highest BCUT2D eigenvalue weighted by atomic mass is 19.4. The summed E-state index contributed by atoms with van der Waals surface area (Å²) in [6.45, 7) is 3.39. The van der Waals surface area contributed by atoms with Gasteiger partial charge in [-0.15, -0.1) is 0 Å². The van der Waals surface area contributed by atoms with Crippen molar-refractivity contribution in [2.45, 2.75) is 31.9 Å². The Labute approximate surface area is 122 Å². The maximum atomic E-state index is 12.6. The number of aliphatic hydroxyl groups excluding tert-OH is 1. The normalized spacial score (nSPS) is 28.7. The topological polar surface area (TPSA) is 43.8 Å². The Morgan fingerprint density at radius 1 is 1.05 bits per heavy atom. The fourth-order valence-electron chi connectivity index (χ4n) is 3.26. The molecule has 4 nitrogen and oxygen atoms in total. The van der Waals surface area contributed by atoms with Gasteiger partial charge >= 0.3 is 6.18 Å². The molecule has 1 aliphatic heterocycles. The molecule has 1 saturated carbocycles. The number of hydrogen-bond donors (Lipinski definition) is 1. The second-order valence-electron chi connectivity index (χ2n) is 5.98. The van der Waals surface area contributed by atoms with E-state index in [0.29, 0.717) is 32.5 Å². The number of aliphatic hydroxyl groups is 1. The Bertz CT molecular complexity index is 347. The number of alkyl halides is 3. The lowest BCUT2D eigenvalue weighted by Gasteiger charge is -2.37. The van der Waals surface area contributed by atoms with Crippen molar-refractivity contribution >= 4 is 5.91 Å². The summed E-state index contributed by atoms with van der Waals surface area (Å²) in [6.07, 6.45) is -3.28. The minimum absolute atomic E-state index is 0.0132. The molecule has 0 aromatic rings. The second kappa shape index (κ2) is 6.96. The van der Waals surface area contributed by atoms with Crippen LogP contribution in [0.5, 0.6) is 0 Å². The lowest BCUT2D eigenvalue weighted by molar-refractivity contribution is -0.185. The summed E-state index contributed by atoms with van der Waals surface area (Å²) in [6, 6.07) is 0. The van der Waals surface area contributed by atoms with Crippen LogP contribution in [-0.4, -0.2) is 66.3 Å². The third-order valence-corrected chi connectivity index (χ3v) is 4.64. The van der Waals surface area contributed by atoms with Gasteiger partial charge in [-0.1, -0.05) is 0 Å². The van der Waals surface area contributed by atoms with Gasteiger partial charge in [-0.3, -0.25) is 9.69 Å². The third kappa shape index (κ3) is 4.32. The predicted octanol–water partition coefficient (Wildman–Crippen LogP) is 1.49. The first-order chi connectivity index (χ1) is 9.91. The molecular formula is C14H23F3N2O2. The minimum Gasteiger partial charge on any atom is -0.395 e. The van der Waals surface area contributed by atoms with Crippen molar-refractivity contribution in [1.29, 1.82) is 0 Å². The van der Waals surface area contributed by atoms with Crippen LogP contribution in [-0.2, 0) is 4.79 Å². The van der Waals surface area contributed by atoms with Crippen LogP contribution < -0.4 is 0 Å². The maximum Gasteiger partial charge on any atom is 0.391 e. The average Bonchev–Trinajstić information content (AvgIpc) is 2.47. The van der Waals surface area contributed by atoms with E-state index in [1.807, 2.05) is 0 Å². The number of carbonyl (C=O) groups excluding carboxylic acids is 1. The average molecular weight is 308 g/mol. The van der Waals surface area contributed by atoms with E-state index >= 15 is 0 Å². The highest BCUT2D eigenvalue weighted by Crippen LogP contribution is 2.39. The summed E-state index contributed by atoms with van der Waals surface area (Å²) in [5, 5.41) is 8.87. The van der Waals surface area contributed by atoms with Gasteiger partial charge in [0.25, 0.3) is 0 Å². The van der Waals surface area contributed by atoms with E-state index in [0.717, 1.165) is 13.1 Å². The van der Waals surface area contributed by atoms with Gasteiger partial charge in [0.05, 0.1) is 12.5 Å². The maximum absolute atomic E-state index is 12.6. The molecule has 0 bridgehead atoms. The van der Waals surface area contributed by atoms with Crippen molar-refractivity contribution < 1.29 is 23.1 Å². The summed E-state index contributed by atoms with van der Waals surface area (Å²) >= 11 is 0. The Hall–Kier alpha value is -0.820. The number of amides is 1. The van der Waals surface area contributed by atoms with Crippen LogP contribution in [0.25, 0.3) is 0 Å². The molecule has 1 N–H and O–H groups in total. The molecule has 0 aromatic carbocycles. The first-order valence-electron chi connectivity index (χ1n) is 7.60. The van der Waals surface area contributed by atoms with Gasteiger partial charge in [0.2, 0.25) is 5.91 Å². The molecule has 2 fully saturated rings. The minimum atomic E-state index is -4.12. The van der Waals surface area contributed by atoms with Gasteiger partial charge in [0.15, 0.2) is 0 Å².